The second-order valence-corrected chi connectivity index (χ2v) is 5.40. The Morgan fingerprint density at radius 2 is 1.39 bits per heavy atom. The summed E-state index contributed by atoms with van der Waals surface area (Å²) in [7, 11) is 0. The minimum Gasteiger partial charge on any atom is -0.493 e. The molecule has 0 atom stereocenters. The van der Waals surface area contributed by atoms with Crippen LogP contribution in [0.2, 0.25) is 0 Å². The summed E-state index contributed by atoms with van der Waals surface area (Å²) in [6, 6.07) is 5.77. The van der Waals surface area contributed by atoms with Crippen LogP contribution in [0.1, 0.15) is 44.6 Å². The van der Waals surface area contributed by atoms with E-state index in [9.17, 15) is 9.59 Å². The molecule has 2 amide bonds. The number of benzene rings is 1. The number of amides is 2. The van der Waals surface area contributed by atoms with Crippen LogP contribution in [-0.2, 0) is 16.0 Å². The number of aryl methyl sites for hydroxylation is 1. The lowest BCUT2D eigenvalue weighted by molar-refractivity contribution is -0.119. The molecule has 0 radical (unpaired) electrons. The summed E-state index contributed by atoms with van der Waals surface area (Å²) in [6.07, 6.45) is 3.74. The average Bonchev–Trinajstić information content (AvgIpc) is 2.48. The molecule has 1 rings (SSSR count). The Bertz CT molecular complexity index is 477. The van der Waals surface area contributed by atoms with Gasteiger partial charge in [-0.15, -0.1) is 0 Å². The van der Waals surface area contributed by atoms with E-state index in [-0.39, 0.29) is 11.8 Å². The van der Waals surface area contributed by atoms with Crippen LogP contribution < -0.4 is 20.9 Å². The minimum atomic E-state index is -0.327. The summed E-state index contributed by atoms with van der Waals surface area (Å²) in [5, 5.41) is 0. The van der Waals surface area contributed by atoms with Gasteiger partial charge in [0.05, 0.1) is 13.2 Å². The minimum absolute atomic E-state index is 0.311. The van der Waals surface area contributed by atoms with Gasteiger partial charge in [0.1, 0.15) is 11.5 Å². The topological polar surface area (TPSA) is 105 Å². The van der Waals surface area contributed by atoms with Gasteiger partial charge in [0.2, 0.25) is 11.8 Å². The van der Waals surface area contributed by atoms with Gasteiger partial charge in [0.15, 0.2) is 0 Å². The van der Waals surface area contributed by atoms with Crippen LogP contribution in [0, 0.1) is 0 Å². The van der Waals surface area contributed by atoms with Crippen molar-refractivity contribution in [3.05, 3.63) is 23.8 Å². The van der Waals surface area contributed by atoms with Crippen molar-refractivity contribution in [1.29, 1.82) is 0 Å². The molecule has 1 aromatic rings. The molecule has 0 aliphatic rings. The van der Waals surface area contributed by atoms with E-state index in [1.165, 1.54) is 0 Å². The van der Waals surface area contributed by atoms with E-state index in [1.807, 2.05) is 18.2 Å². The molecular formula is C17H26N2O4. The van der Waals surface area contributed by atoms with E-state index in [1.54, 1.807) is 0 Å². The molecule has 0 aliphatic carbocycles. The highest BCUT2D eigenvalue weighted by atomic mass is 16.5. The molecule has 0 aromatic heterocycles. The first kappa shape index (κ1) is 18.8. The summed E-state index contributed by atoms with van der Waals surface area (Å²) in [4.78, 5) is 21.4. The van der Waals surface area contributed by atoms with Gasteiger partial charge in [0.25, 0.3) is 0 Å². The van der Waals surface area contributed by atoms with Crippen molar-refractivity contribution in [3.63, 3.8) is 0 Å². The van der Waals surface area contributed by atoms with Crippen LogP contribution in [0.5, 0.6) is 11.5 Å². The Hall–Kier alpha value is -2.24. The monoisotopic (exact) mass is 322 g/mol. The van der Waals surface area contributed by atoms with Crippen molar-refractivity contribution in [2.75, 3.05) is 13.2 Å². The van der Waals surface area contributed by atoms with E-state index < -0.39 is 0 Å². The second kappa shape index (κ2) is 10.5. The van der Waals surface area contributed by atoms with Crippen molar-refractivity contribution in [2.45, 2.75) is 45.4 Å². The van der Waals surface area contributed by atoms with Crippen molar-refractivity contribution in [1.82, 2.24) is 0 Å². The van der Waals surface area contributed by atoms with Gasteiger partial charge in [0, 0.05) is 18.9 Å². The molecule has 23 heavy (non-hydrogen) atoms. The van der Waals surface area contributed by atoms with Gasteiger partial charge >= 0.3 is 0 Å². The van der Waals surface area contributed by atoms with Crippen molar-refractivity contribution in [2.24, 2.45) is 11.5 Å². The number of rotatable bonds is 12. The highest BCUT2D eigenvalue weighted by Gasteiger charge is 2.05. The molecule has 0 bridgehead atoms. The number of carbonyl (C=O) groups excluding carboxylic acids is 2. The largest absolute Gasteiger partial charge is 0.493 e. The smallest absolute Gasteiger partial charge is 0.217 e. The Morgan fingerprint density at radius 3 is 1.78 bits per heavy atom. The summed E-state index contributed by atoms with van der Waals surface area (Å²) >= 11 is 0. The molecular weight excluding hydrogens is 296 g/mol. The Morgan fingerprint density at radius 1 is 0.913 bits per heavy atom. The molecule has 6 heteroatoms. The molecule has 4 N–H and O–H groups in total. The highest BCUT2D eigenvalue weighted by Crippen LogP contribution is 2.24. The number of primary amides is 2. The molecule has 0 aliphatic heterocycles. The van der Waals surface area contributed by atoms with E-state index in [0.29, 0.717) is 50.4 Å². The fraction of sp³-hybridized carbons (Fsp3) is 0.529. The second-order valence-electron chi connectivity index (χ2n) is 5.40. The van der Waals surface area contributed by atoms with Gasteiger partial charge in [-0.25, -0.2) is 0 Å². The molecule has 0 saturated heterocycles. The average molecular weight is 322 g/mol. The van der Waals surface area contributed by atoms with Crippen molar-refractivity contribution < 1.29 is 19.1 Å². The third-order valence-electron chi connectivity index (χ3n) is 3.15. The quantitative estimate of drug-likeness (QED) is 0.574. The third-order valence-corrected chi connectivity index (χ3v) is 3.15. The van der Waals surface area contributed by atoms with E-state index >= 15 is 0 Å². The van der Waals surface area contributed by atoms with Crippen LogP contribution in [0.3, 0.4) is 0 Å². The summed E-state index contributed by atoms with van der Waals surface area (Å²) in [5.74, 6) is 0.772. The van der Waals surface area contributed by atoms with Crippen LogP contribution in [-0.4, -0.2) is 25.0 Å². The van der Waals surface area contributed by atoms with Gasteiger partial charge in [-0.1, -0.05) is 13.3 Å². The normalized spacial score (nSPS) is 10.3. The maximum atomic E-state index is 10.7. The van der Waals surface area contributed by atoms with E-state index in [2.05, 4.69) is 6.92 Å². The molecule has 6 nitrogen and oxygen atoms in total. The summed E-state index contributed by atoms with van der Waals surface area (Å²) < 4.78 is 11.3. The molecule has 0 fully saturated rings. The highest BCUT2D eigenvalue weighted by molar-refractivity contribution is 5.73. The van der Waals surface area contributed by atoms with Gasteiger partial charge in [-0.2, -0.15) is 0 Å². The van der Waals surface area contributed by atoms with Crippen molar-refractivity contribution >= 4 is 11.8 Å². The van der Waals surface area contributed by atoms with Gasteiger partial charge in [-0.05, 0) is 37.0 Å². The predicted molar refractivity (Wildman–Crippen MR) is 88.3 cm³/mol. The number of carbonyl (C=O) groups is 2. The van der Waals surface area contributed by atoms with Gasteiger partial charge < -0.3 is 20.9 Å². The van der Waals surface area contributed by atoms with Crippen LogP contribution in [0.15, 0.2) is 18.2 Å². The van der Waals surface area contributed by atoms with Crippen LogP contribution in [0.25, 0.3) is 0 Å². The van der Waals surface area contributed by atoms with Crippen LogP contribution >= 0.6 is 0 Å². The van der Waals surface area contributed by atoms with Crippen LogP contribution in [0.4, 0.5) is 0 Å². The summed E-state index contributed by atoms with van der Waals surface area (Å²) in [6.45, 7) is 2.97. The lowest BCUT2D eigenvalue weighted by Gasteiger charge is -2.12. The number of hydrogen-bond acceptors (Lipinski definition) is 4. The zero-order valence-corrected chi connectivity index (χ0v) is 13.7. The zero-order valence-electron chi connectivity index (χ0n) is 13.7. The zero-order chi connectivity index (χ0) is 17.1. The summed E-state index contributed by atoms with van der Waals surface area (Å²) in [5.41, 5.74) is 11.3. The standard InChI is InChI=1S/C17H26N2O4/c1-2-5-13-10-14(22-8-3-6-16(18)20)12-15(11-13)23-9-4-7-17(19)21/h10-12H,2-9H2,1H3,(H2,18,20)(H2,19,21). The molecule has 128 valence electrons. The predicted octanol–water partition coefficient (Wildman–Crippen LogP) is 1.93. The van der Waals surface area contributed by atoms with E-state index in [0.717, 1.165) is 18.4 Å². The molecule has 0 heterocycles. The third kappa shape index (κ3) is 8.70. The Labute approximate surface area is 137 Å². The number of ether oxygens (including phenoxy) is 2. The fourth-order valence-electron chi connectivity index (χ4n) is 2.10. The molecule has 1 aromatic carbocycles. The maximum Gasteiger partial charge on any atom is 0.217 e. The SMILES string of the molecule is CCCc1cc(OCCCC(N)=O)cc(OCCCC(N)=O)c1. The Kier molecular flexibility index (Phi) is 8.57. The lowest BCUT2D eigenvalue weighted by atomic mass is 10.1. The number of hydrogen-bond donors (Lipinski definition) is 2. The fourth-order valence-corrected chi connectivity index (χ4v) is 2.10. The molecule has 0 unspecified atom stereocenters. The molecule has 0 spiro atoms. The number of nitrogens with two attached hydrogens (primary N) is 2. The van der Waals surface area contributed by atoms with E-state index in [4.69, 9.17) is 20.9 Å². The lowest BCUT2D eigenvalue weighted by Crippen LogP contribution is -2.12. The molecule has 0 saturated carbocycles. The van der Waals surface area contributed by atoms with Gasteiger partial charge in [-0.3, -0.25) is 9.59 Å². The maximum absolute atomic E-state index is 10.7. The Balaban J connectivity index is 2.58. The van der Waals surface area contributed by atoms with Crippen molar-refractivity contribution in [3.8, 4) is 11.5 Å². The first-order chi connectivity index (χ1) is 11.0. The first-order valence-electron chi connectivity index (χ1n) is 7.97. The first-order valence-corrected chi connectivity index (χ1v) is 7.97.